The summed E-state index contributed by atoms with van der Waals surface area (Å²) in [5.41, 5.74) is 0.496. The van der Waals surface area contributed by atoms with Crippen LogP contribution < -0.4 is 0 Å². The van der Waals surface area contributed by atoms with Crippen LogP contribution in [0.15, 0.2) is 18.2 Å². The van der Waals surface area contributed by atoms with E-state index in [1.54, 1.807) is 12.1 Å². The predicted molar refractivity (Wildman–Crippen MR) is 68.1 cm³/mol. The van der Waals surface area contributed by atoms with Crippen molar-refractivity contribution in [1.82, 2.24) is 0 Å². The fourth-order valence-corrected chi connectivity index (χ4v) is 1.48. The quantitative estimate of drug-likeness (QED) is 0.567. The van der Waals surface area contributed by atoms with Gasteiger partial charge in [-0.3, -0.25) is 4.79 Å². The molecule has 0 aliphatic carbocycles. The van der Waals surface area contributed by atoms with Crippen molar-refractivity contribution in [2.24, 2.45) is 0 Å². The maximum absolute atomic E-state index is 11.7. The summed E-state index contributed by atoms with van der Waals surface area (Å²) in [7, 11) is 0. The SMILES string of the molecule is CCOCCOCC(=O)c1ccc(Cl)c(Cl)c1. The highest BCUT2D eigenvalue weighted by molar-refractivity contribution is 6.42. The second-order valence-electron chi connectivity index (χ2n) is 3.30. The van der Waals surface area contributed by atoms with Crippen molar-refractivity contribution >= 4 is 29.0 Å². The number of ether oxygens (including phenoxy) is 2. The van der Waals surface area contributed by atoms with Gasteiger partial charge in [0, 0.05) is 12.2 Å². The fourth-order valence-electron chi connectivity index (χ4n) is 1.18. The Kier molecular flexibility index (Phi) is 6.52. The Hall–Kier alpha value is -0.610. The first-order valence-corrected chi connectivity index (χ1v) is 6.04. The standard InChI is InChI=1S/C12H14Cl2O3/c1-2-16-5-6-17-8-12(15)9-3-4-10(13)11(14)7-9/h3-4,7H,2,5-6,8H2,1H3. The largest absolute Gasteiger partial charge is 0.379 e. The first kappa shape index (κ1) is 14.5. The van der Waals surface area contributed by atoms with Gasteiger partial charge in [0.2, 0.25) is 0 Å². The minimum atomic E-state index is -0.125. The van der Waals surface area contributed by atoms with Crippen LogP contribution in [0.1, 0.15) is 17.3 Å². The number of carbonyl (C=O) groups is 1. The molecule has 0 heterocycles. The van der Waals surface area contributed by atoms with Crippen molar-refractivity contribution in [2.75, 3.05) is 26.4 Å². The Morgan fingerprint density at radius 3 is 2.53 bits per heavy atom. The second-order valence-corrected chi connectivity index (χ2v) is 4.12. The summed E-state index contributed by atoms with van der Waals surface area (Å²) in [6.07, 6.45) is 0. The molecule has 0 atom stereocenters. The average Bonchev–Trinajstić information content (AvgIpc) is 2.32. The monoisotopic (exact) mass is 276 g/mol. The van der Waals surface area contributed by atoms with Crippen LogP contribution in [-0.4, -0.2) is 32.2 Å². The molecule has 0 saturated heterocycles. The third-order valence-corrected chi connectivity index (χ3v) is 2.79. The lowest BCUT2D eigenvalue weighted by molar-refractivity contribution is 0.0475. The van der Waals surface area contributed by atoms with E-state index in [2.05, 4.69) is 0 Å². The van der Waals surface area contributed by atoms with Gasteiger partial charge >= 0.3 is 0 Å². The zero-order valence-corrected chi connectivity index (χ0v) is 11.1. The molecule has 0 N–H and O–H groups in total. The van der Waals surface area contributed by atoms with E-state index in [0.717, 1.165) is 0 Å². The molecule has 0 radical (unpaired) electrons. The first-order chi connectivity index (χ1) is 8.15. The fraction of sp³-hybridized carbons (Fsp3) is 0.417. The van der Waals surface area contributed by atoms with Crippen LogP contribution in [0.2, 0.25) is 10.0 Å². The molecule has 1 aromatic carbocycles. The maximum Gasteiger partial charge on any atom is 0.188 e. The Labute approximate surface area is 111 Å². The van der Waals surface area contributed by atoms with Gasteiger partial charge in [0.05, 0.1) is 23.3 Å². The van der Waals surface area contributed by atoms with Gasteiger partial charge in [0.1, 0.15) is 6.61 Å². The number of hydrogen-bond acceptors (Lipinski definition) is 3. The molecule has 5 heteroatoms. The Bertz CT molecular complexity index is 380. The number of ketones is 1. The number of carbonyl (C=O) groups excluding carboxylic acids is 1. The molecule has 3 nitrogen and oxygen atoms in total. The normalized spacial score (nSPS) is 10.5. The van der Waals surface area contributed by atoms with Gasteiger partial charge in [-0.05, 0) is 25.1 Å². The number of halogens is 2. The van der Waals surface area contributed by atoms with Crippen LogP contribution >= 0.6 is 23.2 Å². The summed E-state index contributed by atoms with van der Waals surface area (Å²) >= 11 is 11.6. The van der Waals surface area contributed by atoms with E-state index >= 15 is 0 Å². The predicted octanol–water partition coefficient (Wildman–Crippen LogP) is 3.23. The molecule has 0 bridgehead atoms. The summed E-state index contributed by atoms with van der Waals surface area (Å²) in [6, 6.07) is 4.76. The minimum Gasteiger partial charge on any atom is -0.379 e. The first-order valence-electron chi connectivity index (χ1n) is 5.29. The highest BCUT2D eigenvalue weighted by Gasteiger charge is 2.08. The third kappa shape index (κ3) is 5.04. The maximum atomic E-state index is 11.7. The Morgan fingerprint density at radius 2 is 1.88 bits per heavy atom. The van der Waals surface area contributed by atoms with Crippen LogP contribution in [0.25, 0.3) is 0 Å². The van der Waals surface area contributed by atoms with Crippen LogP contribution in [0.3, 0.4) is 0 Å². The van der Waals surface area contributed by atoms with E-state index in [4.69, 9.17) is 32.7 Å². The molecular formula is C12H14Cl2O3. The molecule has 0 unspecified atom stereocenters. The van der Waals surface area contributed by atoms with Gasteiger partial charge in [-0.1, -0.05) is 23.2 Å². The molecule has 0 aromatic heterocycles. The van der Waals surface area contributed by atoms with Crippen LogP contribution in [0.4, 0.5) is 0 Å². The zero-order chi connectivity index (χ0) is 12.7. The van der Waals surface area contributed by atoms with E-state index in [-0.39, 0.29) is 12.4 Å². The molecule has 17 heavy (non-hydrogen) atoms. The van der Waals surface area contributed by atoms with E-state index in [1.807, 2.05) is 6.92 Å². The van der Waals surface area contributed by atoms with Crippen molar-refractivity contribution in [3.63, 3.8) is 0 Å². The Morgan fingerprint density at radius 1 is 1.18 bits per heavy atom. The molecule has 94 valence electrons. The Balaban J connectivity index is 2.39. The van der Waals surface area contributed by atoms with Crippen molar-refractivity contribution in [3.8, 4) is 0 Å². The molecule has 0 spiro atoms. The van der Waals surface area contributed by atoms with Gasteiger partial charge in [-0.2, -0.15) is 0 Å². The van der Waals surface area contributed by atoms with Crippen LogP contribution in [0.5, 0.6) is 0 Å². The summed E-state index contributed by atoms with van der Waals surface area (Å²) < 4.78 is 10.3. The average molecular weight is 277 g/mol. The molecule has 1 rings (SSSR count). The van der Waals surface area contributed by atoms with Gasteiger partial charge in [0.25, 0.3) is 0 Å². The lowest BCUT2D eigenvalue weighted by Gasteiger charge is -2.05. The van der Waals surface area contributed by atoms with Crippen LogP contribution in [0, 0.1) is 0 Å². The molecule has 0 fully saturated rings. The van der Waals surface area contributed by atoms with E-state index in [0.29, 0.717) is 35.4 Å². The lowest BCUT2D eigenvalue weighted by Crippen LogP contribution is -2.12. The van der Waals surface area contributed by atoms with Gasteiger partial charge in [-0.15, -0.1) is 0 Å². The van der Waals surface area contributed by atoms with Gasteiger partial charge in [0.15, 0.2) is 5.78 Å². The van der Waals surface area contributed by atoms with Crippen molar-refractivity contribution in [1.29, 1.82) is 0 Å². The van der Waals surface area contributed by atoms with E-state index in [1.165, 1.54) is 6.07 Å². The highest BCUT2D eigenvalue weighted by Crippen LogP contribution is 2.22. The van der Waals surface area contributed by atoms with Crippen molar-refractivity contribution in [2.45, 2.75) is 6.92 Å². The van der Waals surface area contributed by atoms with Crippen molar-refractivity contribution in [3.05, 3.63) is 33.8 Å². The van der Waals surface area contributed by atoms with Gasteiger partial charge < -0.3 is 9.47 Å². The summed E-state index contributed by atoms with van der Waals surface area (Å²) in [5, 5.41) is 0.798. The number of rotatable bonds is 7. The summed E-state index contributed by atoms with van der Waals surface area (Å²) in [6.45, 7) is 3.46. The molecule has 0 aliphatic rings. The molecule has 0 amide bonds. The molecule has 1 aromatic rings. The minimum absolute atomic E-state index is 0.0189. The summed E-state index contributed by atoms with van der Waals surface area (Å²) in [4.78, 5) is 11.7. The summed E-state index contributed by atoms with van der Waals surface area (Å²) in [5.74, 6) is -0.125. The van der Waals surface area contributed by atoms with Crippen molar-refractivity contribution < 1.29 is 14.3 Å². The third-order valence-electron chi connectivity index (χ3n) is 2.05. The topological polar surface area (TPSA) is 35.5 Å². The van der Waals surface area contributed by atoms with Gasteiger partial charge in [-0.25, -0.2) is 0 Å². The van der Waals surface area contributed by atoms with E-state index < -0.39 is 0 Å². The van der Waals surface area contributed by atoms with E-state index in [9.17, 15) is 4.79 Å². The molecule has 0 saturated carbocycles. The number of benzene rings is 1. The number of Topliss-reactive ketones (excluding diaryl/α,β-unsaturated/α-hetero) is 1. The smallest absolute Gasteiger partial charge is 0.188 e. The highest BCUT2D eigenvalue weighted by atomic mass is 35.5. The molecule has 0 aliphatic heterocycles. The zero-order valence-electron chi connectivity index (χ0n) is 9.54. The number of hydrogen-bond donors (Lipinski definition) is 0. The lowest BCUT2D eigenvalue weighted by atomic mass is 10.1. The molecular weight excluding hydrogens is 263 g/mol. The second kappa shape index (κ2) is 7.67. The van der Waals surface area contributed by atoms with Crippen LogP contribution in [-0.2, 0) is 9.47 Å².